The Labute approximate surface area is 216 Å². The van der Waals surface area contributed by atoms with Crippen molar-refractivity contribution in [1.82, 2.24) is 9.88 Å². The van der Waals surface area contributed by atoms with Crippen molar-refractivity contribution < 1.29 is 19.0 Å². The molecule has 0 fully saturated rings. The lowest BCUT2D eigenvalue weighted by Crippen LogP contribution is -2.28. The molecule has 0 amide bonds. The average Bonchev–Trinajstić information content (AvgIpc) is 2.90. The second-order valence-electron chi connectivity index (χ2n) is 8.68. The van der Waals surface area contributed by atoms with E-state index in [-0.39, 0.29) is 11.5 Å². The fraction of sp³-hybridized carbons (Fsp3) is 0.321. The standard InChI is InChI=1S/C28H29N3O4S/c1-17-6-8-18(9-7-17)23(32)16-36-28-20(14-29)26(21-15-31(2)11-10-22(21)30-28)19-12-24(33-3)27(35-5)25(13-19)34-4/h6-9,12-13H,10-11,15-16H2,1-5H3. The van der Waals surface area contributed by atoms with Gasteiger partial charge in [-0.15, -0.1) is 0 Å². The van der Waals surface area contributed by atoms with Crippen molar-refractivity contribution in [2.45, 2.75) is 24.9 Å². The number of thioether (sulfide) groups is 1. The van der Waals surface area contributed by atoms with E-state index in [9.17, 15) is 10.1 Å². The molecule has 0 aliphatic carbocycles. The smallest absolute Gasteiger partial charge is 0.203 e. The zero-order valence-corrected chi connectivity index (χ0v) is 22.0. The highest BCUT2D eigenvalue weighted by molar-refractivity contribution is 8.00. The van der Waals surface area contributed by atoms with Crippen LogP contribution >= 0.6 is 11.8 Å². The third kappa shape index (κ3) is 5.03. The molecule has 0 saturated heterocycles. The van der Waals surface area contributed by atoms with Crippen LogP contribution in [-0.2, 0) is 13.0 Å². The second kappa shape index (κ2) is 11.0. The third-order valence-electron chi connectivity index (χ3n) is 6.29. The van der Waals surface area contributed by atoms with Crippen LogP contribution in [0.25, 0.3) is 11.1 Å². The number of likely N-dealkylation sites (N-methyl/N-ethyl adjacent to an activating group) is 1. The molecule has 0 unspecified atom stereocenters. The van der Waals surface area contributed by atoms with E-state index in [0.717, 1.165) is 40.9 Å². The average molecular weight is 504 g/mol. The molecule has 7 nitrogen and oxygen atoms in total. The number of Topliss-reactive ketones (excluding diaryl/α,β-unsaturated/α-hetero) is 1. The van der Waals surface area contributed by atoms with Crippen LogP contribution in [-0.4, -0.2) is 56.3 Å². The van der Waals surface area contributed by atoms with E-state index in [1.807, 2.05) is 43.3 Å². The lowest BCUT2D eigenvalue weighted by molar-refractivity contribution is 0.102. The first kappa shape index (κ1) is 25.5. The van der Waals surface area contributed by atoms with Gasteiger partial charge in [0.15, 0.2) is 17.3 Å². The topological polar surface area (TPSA) is 84.7 Å². The van der Waals surface area contributed by atoms with Crippen LogP contribution in [0.2, 0.25) is 0 Å². The number of nitrogens with zero attached hydrogens (tertiary/aromatic N) is 3. The summed E-state index contributed by atoms with van der Waals surface area (Å²) in [6.07, 6.45) is 0.758. The molecular formula is C28H29N3O4S. The van der Waals surface area contributed by atoms with Gasteiger partial charge in [0.2, 0.25) is 5.75 Å². The Balaban J connectivity index is 1.83. The predicted octanol–water partition coefficient (Wildman–Crippen LogP) is 4.92. The molecule has 0 bridgehead atoms. The molecule has 8 heteroatoms. The molecule has 3 aromatic rings. The minimum absolute atomic E-state index is 0.00233. The summed E-state index contributed by atoms with van der Waals surface area (Å²) in [7, 11) is 6.75. The van der Waals surface area contributed by atoms with Crippen LogP contribution in [0.1, 0.15) is 32.7 Å². The fourth-order valence-corrected chi connectivity index (χ4v) is 5.28. The molecule has 0 spiro atoms. The summed E-state index contributed by atoms with van der Waals surface area (Å²) in [6, 6.07) is 13.6. The monoisotopic (exact) mass is 503 g/mol. The van der Waals surface area contributed by atoms with E-state index in [2.05, 4.69) is 18.0 Å². The molecule has 36 heavy (non-hydrogen) atoms. The SMILES string of the molecule is COc1cc(-c2c(C#N)c(SCC(=O)c3ccc(C)cc3)nc3c2CN(C)CC3)cc(OC)c1OC. The van der Waals surface area contributed by atoms with Crippen molar-refractivity contribution >= 4 is 17.5 Å². The van der Waals surface area contributed by atoms with Crippen LogP contribution in [0.5, 0.6) is 17.2 Å². The molecule has 1 aliphatic rings. The molecule has 186 valence electrons. The van der Waals surface area contributed by atoms with Gasteiger partial charge in [0, 0.05) is 36.3 Å². The molecule has 2 aromatic carbocycles. The summed E-state index contributed by atoms with van der Waals surface area (Å²) in [6.45, 7) is 3.52. The van der Waals surface area contributed by atoms with Gasteiger partial charge in [-0.25, -0.2) is 4.98 Å². The summed E-state index contributed by atoms with van der Waals surface area (Å²) in [5.74, 6) is 1.69. The number of pyridine rings is 1. The quantitative estimate of drug-likeness (QED) is 0.316. The van der Waals surface area contributed by atoms with Crippen molar-refractivity contribution in [3.63, 3.8) is 0 Å². The number of ether oxygens (including phenoxy) is 3. The first-order valence-electron chi connectivity index (χ1n) is 11.6. The minimum Gasteiger partial charge on any atom is -0.493 e. The van der Waals surface area contributed by atoms with Crippen molar-refractivity contribution in [1.29, 1.82) is 5.26 Å². The van der Waals surface area contributed by atoms with Crippen LogP contribution in [0, 0.1) is 18.3 Å². The Kier molecular flexibility index (Phi) is 7.82. The zero-order chi connectivity index (χ0) is 25.8. The minimum atomic E-state index is -0.00233. The normalized spacial score (nSPS) is 13.0. The number of hydrogen-bond donors (Lipinski definition) is 0. The highest BCUT2D eigenvalue weighted by Crippen LogP contribution is 2.44. The summed E-state index contributed by atoms with van der Waals surface area (Å²) in [4.78, 5) is 20.0. The van der Waals surface area contributed by atoms with Gasteiger partial charge in [-0.2, -0.15) is 5.26 Å². The number of carbonyl (C=O) groups excluding carboxylic acids is 1. The maximum atomic E-state index is 12.9. The van der Waals surface area contributed by atoms with Crippen molar-refractivity contribution in [2.24, 2.45) is 0 Å². The Hall–Kier alpha value is -3.54. The number of aryl methyl sites for hydroxylation is 1. The maximum absolute atomic E-state index is 12.9. The molecule has 2 heterocycles. The van der Waals surface area contributed by atoms with Crippen molar-refractivity contribution in [3.8, 4) is 34.4 Å². The molecule has 0 N–H and O–H groups in total. The molecular weight excluding hydrogens is 474 g/mol. The molecule has 0 radical (unpaired) electrons. The number of methoxy groups -OCH3 is 3. The lowest BCUT2D eigenvalue weighted by Gasteiger charge is -2.28. The number of hydrogen-bond acceptors (Lipinski definition) is 8. The molecule has 1 aromatic heterocycles. The number of rotatable bonds is 8. The maximum Gasteiger partial charge on any atom is 0.203 e. The first-order chi connectivity index (χ1) is 17.4. The third-order valence-corrected chi connectivity index (χ3v) is 7.26. The Bertz CT molecular complexity index is 1310. The number of carbonyl (C=O) groups is 1. The van der Waals surface area contributed by atoms with Crippen LogP contribution in [0.15, 0.2) is 41.4 Å². The van der Waals surface area contributed by atoms with Gasteiger partial charge < -0.3 is 19.1 Å². The number of benzene rings is 2. The van der Waals surface area contributed by atoms with Gasteiger partial charge >= 0.3 is 0 Å². The van der Waals surface area contributed by atoms with Gasteiger partial charge in [0.05, 0.1) is 32.6 Å². The largest absolute Gasteiger partial charge is 0.493 e. The van der Waals surface area contributed by atoms with E-state index in [0.29, 0.717) is 39.9 Å². The Morgan fingerprint density at radius 1 is 1.11 bits per heavy atom. The fourth-order valence-electron chi connectivity index (χ4n) is 4.38. The van der Waals surface area contributed by atoms with Crippen molar-refractivity contribution in [2.75, 3.05) is 40.7 Å². The molecule has 4 rings (SSSR count). The lowest BCUT2D eigenvalue weighted by atomic mass is 9.91. The summed E-state index contributed by atoms with van der Waals surface area (Å²) in [5.41, 5.74) is 5.71. The zero-order valence-electron chi connectivity index (χ0n) is 21.2. The number of nitriles is 1. The van der Waals surface area contributed by atoms with E-state index in [4.69, 9.17) is 19.2 Å². The van der Waals surface area contributed by atoms with E-state index >= 15 is 0 Å². The van der Waals surface area contributed by atoms with E-state index in [1.54, 1.807) is 21.3 Å². The van der Waals surface area contributed by atoms with Crippen molar-refractivity contribution in [3.05, 3.63) is 64.3 Å². The first-order valence-corrected chi connectivity index (χ1v) is 12.6. The second-order valence-corrected chi connectivity index (χ2v) is 9.65. The van der Waals surface area contributed by atoms with Gasteiger partial charge in [0.1, 0.15) is 11.1 Å². The highest BCUT2D eigenvalue weighted by Gasteiger charge is 2.27. The summed E-state index contributed by atoms with van der Waals surface area (Å²) < 4.78 is 16.7. The van der Waals surface area contributed by atoms with Gasteiger partial charge in [-0.3, -0.25) is 4.79 Å². The highest BCUT2D eigenvalue weighted by atomic mass is 32.2. The number of aromatic nitrogens is 1. The van der Waals surface area contributed by atoms with Gasteiger partial charge in [0.25, 0.3) is 0 Å². The van der Waals surface area contributed by atoms with E-state index < -0.39 is 0 Å². The molecule has 0 atom stereocenters. The van der Waals surface area contributed by atoms with Gasteiger partial charge in [-0.05, 0) is 37.2 Å². The molecule has 1 aliphatic heterocycles. The predicted molar refractivity (Wildman–Crippen MR) is 140 cm³/mol. The van der Waals surface area contributed by atoms with Crippen LogP contribution < -0.4 is 14.2 Å². The van der Waals surface area contributed by atoms with Crippen LogP contribution in [0.4, 0.5) is 0 Å². The van der Waals surface area contributed by atoms with E-state index in [1.165, 1.54) is 11.8 Å². The number of ketones is 1. The van der Waals surface area contributed by atoms with Crippen LogP contribution in [0.3, 0.4) is 0 Å². The summed E-state index contributed by atoms with van der Waals surface area (Å²) in [5, 5.41) is 10.9. The molecule has 0 saturated carbocycles. The Morgan fingerprint density at radius 3 is 2.36 bits per heavy atom. The number of fused-ring (bicyclic) bond motifs is 1. The Morgan fingerprint density at radius 2 is 1.78 bits per heavy atom. The van der Waals surface area contributed by atoms with Gasteiger partial charge in [-0.1, -0.05) is 41.6 Å². The summed E-state index contributed by atoms with van der Waals surface area (Å²) >= 11 is 1.30.